The van der Waals surface area contributed by atoms with Crippen LogP contribution < -0.4 is 9.88 Å². The van der Waals surface area contributed by atoms with E-state index in [2.05, 4.69) is 0 Å². The number of fused-ring (bicyclic) bond motifs is 1. The summed E-state index contributed by atoms with van der Waals surface area (Å²) < 4.78 is 36.0. The Hall–Kier alpha value is -1.57. The average Bonchev–Trinajstić information content (AvgIpc) is 2.82. The van der Waals surface area contributed by atoms with Gasteiger partial charge in [-0.15, -0.1) is 0 Å². The third-order valence-electron chi connectivity index (χ3n) is 3.25. The van der Waals surface area contributed by atoms with Crippen molar-refractivity contribution < 1.29 is 17.9 Å². The molecule has 7 heteroatoms. The second-order valence-electron chi connectivity index (χ2n) is 4.64. The smallest absolute Gasteiger partial charge is 0.240 e. The Bertz CT molecular complexity index is 722. The van der Waals surface area contributed by atoms with E-state index in [1.54, 1.807) is 12.3 Å². The van der Waals surface area contributed by atoms with Gasteiger partial charge in [-0.2, -0.15) is 0 Å². The Kier molecular flexibility index (Phi) is 4.87. The van der Waals surface area contributed by atoms with Crippen molar-refractivity contribution in [2.24, 2.45) is 5.14 Å². The molecule has 0 saturated carbocycles. The lowest BCUT2D eigenvalue weighted by Gasteiger charge is -2.06. The van der Waals surface area contributed by atoms with Gasteiger partial charge >= 0.3 is 0 Å². The van der Waals surface area contributed by atoms with Gasteiger partial charge in [-0.25, -0.2) is 13.6 Å². The van der Waals surface area contributed by atoms with Crippen LogP contribution in [-0.2, 0) is 21.3 Å². The maximum Gasteiger partial charge on any atom is 0.240 e. The van der Waals surface area contributed by atoms with E-state index in [1.807, 2.05) is 23.6 Å². The van der Waals surface area contributed by atoms with Gasteiger partial charge in [-0.1, -0.05) is 6.07 Å². The number of hydrogen-bond acceptors (Lipinski definition) is 4. The van der Waals surface area contributed by atoms with Gasteiger partial charge in [-0.05, 0) is 25.5 Å². The lowest BCUT2D eigenvalue weighted by molar-refractivity contribution is 0.142. The minimum absolute atomic E-state index is 0.0892. The predicted octanol–water partition coefficient (Wildman–Crippen LogP) is 1.72. The number of hydrogen-bond donors (Lipinski definition) is 1. The monoisotopic (exact) mass is 312 g/mol. The number of methoxy groups -OCH3 is 1. The second-order valence-corrected chi connectivity index (χ2v) is 6.17. The van der Waals surface area contributed by atoms with E-state index in [4.69, 9.17) is 14.6 Å². The van der Waals surface area contributed by atoms with Crippen LogP contribution in [0.4, 0.5) is 0 Å². The van der Waals surface area contributed by atoms with Crippen LogP contribution in [0.3, 0.4) is 0 Å². The highest BCUT2D eigenvalue weighted by Gasteiger charge is 2.20. The molecule has 0 saturated heterocycles. The molecule has 0 aliphatic heterocycles. The molecule has 0 aliphatic carbocycles. The highest BCUT2D eigenvalue weighted by Crippen LogP contribution is 2.32. The quantitative estimate of drug-likeness (QED) is 0.789. The standard InChI is InChI=1S/C14H20N2O4S/c1-3-20-9-5-8-16-10-13(21(15,17)18)14-11(16)6-4-7-12(14)19-2/h4,6-7,10H,3,5,8-9H2,1-2H3,(H2,15,17,18). The van der Waals surface area contributed by atoms with Crippen molar-refractivity contribution in [3.8, 4) is 5.75 Å². The van der Waals surface area contributed by atoms with Crippen LogP contribution in [0.2, 0.25) is 0 Å². The number of aromatic nitrogens is 1. The minimum Gasteiger partial charge on any atom is -0.496 e. The number of primary sulfonamides is 1. The van der Waals surface area contributed by atoms with E-state index in [0.717, 1.165) is 11.9 Å². The van der Waals surface area contributed by atoms with Crippen LogP contribution in [0.5, 0.6) is 5.75 Å². The van der Waals surface area contributed by atoms with Crippen LogP contribution in [0.15, 0.2) is 29.3 Å². The molecule has 0 spiro atoms. The molecule has 2 rings (SSSR count). The Morgan fingerprint density at radius 2 is 2.10 bits per heavy atom. The molecule has 0 radical (unpaired) electrons. The molecular weight excluding hydrogens is 292 g/mol. The summed E-state index contributed by atoms with van der Waals surface area (Å²) in [5.41, 5.74) is 0.787. The normalized spacial score (nSPS) is 12.0. The Morgan fingerprint density at radius 3 is 2.71 bits per heavy atom. The first kappa shape index (κ1) is 15.8. The summed E-state index contributed by atoms with van der Waals surface area (Å²) >= 11 is 0. The van der Waals surface area contributed by atoms with E-state index in [-0.39, 0.29) is 4.90 Å². The first-order valence-electron chi connectivity index (χ1n) is 6.75. The van der Waals surface area contributed by atoms with Crippen molar-refractivity contribution in [3.05, 3.63) is 24.4 Å². The van der Waals surface area contributed by atoms with Gasteiger partial charge in [0.05, 0.1) is 18.0 Å². The Labute approximate surface area is 124 Å². The van der Waals surface area contributed by atoms with Gasteiger partial charge < -0.3 is 14.0 Å². The molecule has 116 valence electrons. The number of sulfonamides is 1. The van der Waals surface area contributed by atoms with Gasteiger partial charge in [0.15, 0.2) is 0 Å². The number of ether oxygens (including phenoxy) is 2. The fourth-order valence-electron chi connectivity index (χ4n) is 2.33. The summed E-state index contributed by atoms with van der Waals surface area (Å²) in [6.45, 7) is 3.89. The van der Waals surface area contributed by atoms with Gasteiger partial charge in [0, 0.05) is 26.0 Å². The van der Waals surface area contributed by atoms with Crippen molar-refractivity contribution in [1.82, 2.24) is 4.57 Å². The number of benzene rings is 1. The van der Waals surface area contributed by atoms with Crippen LogP contribution in [0, 0.1) is 0 Å². The molecule has 0 amide bonds. The molecule has 0 atom stereocenters. The third kappa shape index (κ3) is 3.37. The van der Waals surface area contributed by atoms with Crippen LogP contribution >= 0.6 is 0 Å². The Morgan fingerprint density at radius 1 is 1.33 bits per heavy atom. The van der Waals surface area contributed by atoms with Gasteiger partial charge in [0.2, 0.25) is 10.0 Å². The zero-order chi connectivity index (χ0) is 15.5. The van der Waals surface area contributed by atoms with Crippen molar-refractivity contribution in [1.29, 1.82) is 0 Å². The predicted molar refractivity (Wildman–Crippen MR) is 81.0 cm³/mol. The number of nitrogens with zero attached hydrogens (tertiary/aromatic N) is 1. The summed E-state index contributed by atoms with van der Waals surface area (Å²) in [5, 5.41) is 5.84. The zero-order valence-corrected chi connectivity index (χ0v) is 13.0. The van der Waals surface area contributed by atoms with Crippen LogP contribution in [0.1, 0.15) is 13.3 Å². The second kappa shape index (κ2) is 6.46. The first-order valence-corrected chi connectivity index (χ1v) is 8.30. The molecule has 2 N–H and O–H groups in total. The SMILES string of the molecule is CCOCCCn1cc(S(N)(=O)=O)c2c(OC)cccc21. The van der Waals surface area contributed by atoms with E-state index in [9.17, 15) is 8.42 Å². The first-order chi connectivity index (χ1) is 9.99. The summed E-state index contributed by atoms with van der Waals surface area (Å²) in [7, 11) is -2.30. The highest BCUT2D eigenvalue weighted by molar-refractivity contribution is 7.89. The van der Waals surface area contributed by atoms with E-state index >= 15 is 0 Å². The lowest BCUT2D eigenvalue weighted by atomic mass is 10.2. The lowest BCUT2D eigenvalue weighted by Crippen LogP contribution is -2.12. The van der Waals surface area contributed by atoms with Crippen LogP contribution in [-0.4, -0.2) is 33.3 Å². The van der Waals surface area contributed by atoms with Gasteiger partial charge in [0.1, 0.15) is 10.6 Å². The average molecular weight is 312 g/mol. The molecule has 0 fully saturated rings. The summed E-state index contributed by atoms with van der Waals surface area (Å²) in [5.74, 6) is 0.500. The minimum atomic E-state index is -3.81. The fourth-order valence-corrected chi connectivity index (χ4v) is 3.10. The number of aryl methyl sites for hydroxylation is 1. The van der Waals surface area contributed by atoms with Gasteiger partial charge in [-0.3, -0.25) is 0 Å². The van der Waals surface area contributed by atoms with Crippen molar-refractivity contribution in [3.63, 3.8) is 0 Å². The molecule has 2 aromatic rings. The van der Waals surface area contributed by atoms with E-state index in [1.165, 1.54) is 7.11 Å². The van der Waals surface area contributed by atoms with Crippen molar-refractivity contribution >= 4 is 20.9 Å². The van der Waals surface area contributed by atoms with Crippen molar-refractivity contribution in [2.75, 3.05) is 20.3 Å². The number of nitrogens with two attached hydrogens (primary N) is 1. The van der Waals surface area contributed by atoms with Crippen LogP contribution in [0.25, 0.3) is 10.9 Å². The topological polar surface area (TPSA) is 83.5 Å². The molecule has 0 unspecified atom stereocenters. The molecule has 21 heavy (non-hydrogen) atoms. The molecular formula is C14H20N2O4S. The maximum atomic E-state index is 11.8. The molecule has 1 heterocycles. The van der Waals surface area contributed by atoms with E-state index < -0.39 is 10.0 Å². The summed E-state index contributed by atoms with van der Waals surface area (Å²) in [6, 6.07) is 5.40. The van der Waals surface area contributed by atoms with E-state index in [0.29, 0.717) is 30.9 Å². The third-order valence-corrected chi connectivity index (χ3v) is 4.17. The largest absolute Gasteiger partial charge is 0.496 e. The maximum absolute atomic E-state index is 11.8. The molecule has 1 aromatic heterocycles. The molecule has 0 bridgehead atoms. The Balaban J connectivity index is 2.48. The van der Waals surface area contributed by atoms with Crippen molar-refractivity contribution in [2.45, 2.75) is 24.8 Å². The summed E-state index contributed by atoms with van der Waals surface area (Å²) in [6.07, 6.45) is 2.35. The molecule has 6 nitrogen and oxygen atoms in total. The molecule has 1 aromatic carbocycles. The zero-order valence-electron chi connectivity index (χ0n) is 12.2. The molecule has 0 aliphatic rings. The summed E-state index contributed by atoms with van der Waals surface area (Å²) in [4.78, 5) is 0.0892. The van der Waals surface area contributed by atoms with Gasteiger partial charge in [0.25, 0.3) is 0 Å². The fraction of sp³-hybridized carbons (Fsp3) is 0.429. The highest BCUT2D eigenvalue weighted by atomic mass is 32.2. The number of rotatable bonds is 7.